The average Bonchev–Trinajstić information content (AvgIpc) is 2.45. The lowest BCUT2D eigenvalue weighted by atomic mass is 10.0. The predicted molar refractivity (Wildman–Crippen MR) is 86.8 cm³/mol. The van der Waals surface area contributed by atoms with Crippen LogP contribution in [-0.4, -0.2) is 32.3 Å². The van der Waals surface area contributed by atoms with Gasteiger partial charge in [0.15, 0.2) is 0 Å². The van der Waals surface area contributed by atoms with Gasteiger partial charge in [-0.05, 0) is 17.5 Å². The maximum absolute atomic E-state index is 13.3. The first-order valence-corrected chi connectivity index (χ1v) is 7.69. The largest absolute Gasteiger partial charge is 0.491 e. The molecule has 5 heteroatoms. The Labute approximate surface area is 133 Å². The van der Waals surface area contributed by atoms with E-state index in [0.29, 0.717) is 32.1 Å². The lowest BCUT2D eigenvalue weighted by Crippen LogP contribution is -2.31. The van der Waals surface area contributed by atoms with Crippen LogP contribution in [0.25, 0.3) is 0 Å². The van der Waals surface area contributed by atoms with Crippen LogP contribution in [0.5, 0.6) is 5.75 Å². The Hall–Kier alpha value is -1.62. The van der Waals surface area contributed by atoms with Crippen molar-refractivity contribution in [3.8, 4) is 5.75 Å². The number of nitrogens with one attached hydrogen (secondary N) is 1. The Morgan fingerprint density at radius 3 is 2.59 bits per heavy atom. The summed E-state index contributed by atoms with van der Waals surface area (Å²) in [4.78, 5) is 11.3. The fourth-order valence-electron chi connectivity index (χ4n) is 1.87. The molecule has 4 nitrogen and oxygen atoms in total. The van der Waals surface area contributed by atoms with E-state index in [-0.39, 0.29) is 25.0 Å². The molecular formula is C17H28FNO3. The highest BCUT2D eigenvalue weighted by Crippen LogP contribution is 2.27. The molecule has 0 saturated carbocycles. The summed E-state index contributed by atoms with van der Waals surface area (Å²) in [6, 6.07) is 4.59. The summed E-state index contributed by atoms with van der Waals surface area (Å²) < 4.78 is 24.3. The van der Waals surface area contributed by atoms with Gasteiger partial charge in [0.1, 0.15) is 18.2 Å². The van der Waals surface area contributed by atoms with E-state index < -0.39 is 0 Å². The fourth-order valence-corrected chi connectivity index (χ4v) is 1.87. The van der Waals surface area contributed by atoms with Crippen LogP contribution in [0.4, 0.5) is 4.39 Å². The summed E-state index contributed by atoms with van der Waals surface area (Å²) in [6.07, 6.45) is 0. The molecule has 0 aliphatic heterocycles. The molecule has 0 atom stereocenters. The summed E-state index contributed by atoms with van der Waals surface area (Å²) in [5.74, 6) is 0.512. The second-order valence-corrected chi connectivity index (χ2v) is 5.74. The van der Waals surface area contributed by atoms with Crippen molar-refractivity contribution < 1.29 is 20.1 Å². The van der Waals surface area contributed by atoms with Crippen LogP contribution in [0.15, 0.2) is 18.2 Å². The molecule has 126 valence electrons. The Kier molecular flexibility index (Phi) is 7.88. The minimum absolute atomic E-state index is 0. The molecule has 0 aliphatic carbocycles. The molecule has 0 unspecified atom stereocenters. The van der Waals surface area contributed by atoms with Crippen LogP contribution in [-0.2, 0) is 9.53 Å². The second kappa shape index (κ2) is 9.41. The van der Waals surface area contributed by atoms with E-state index in [2.05, 4.69) is 5.32 Å². The highest BCUT2D eigenvalue weighted by Gasteiger charge is 2.09. The van der Waals surface area contributed by atoms with Crippen molar-refractivity contribution in [3.05, 3.63) is 29.6 Å². The molecule has 1 N–H and O–H groups in total. The number of amides is 1. The van der Waals surface area contributed by atoms with E-state index in [9.17, 15) is 9.18 Å². The first kappa shape index (κ1) is 18.4. The van der Waals surface area contributed by atoms with Crippen molar-refractivity contribution in [2.24, 2.45) is 5.92 Å². The zero-order valence-electron chi connectivity index (χ0n) is 13.8. The van der Waals surface area contributed by atoms with Crippen LogP contribution in [0.1, 0.15) is 40.6 Å². The van der Waals surface area contributed by atoms with E-state index in [0.717, 1.165) is 5.56 Å². The Morgan fingerprint density at radius 2 is 1.95 bits per heavy atom. The van der Waals surface area contributed by atoms with E-state index in [4.69, 9.17) is 9.47 Å². The third kappa shape index (κ3) is 6.43. The van der Waals surface area contributed by atoms with Gasteiger partial charge >= 0.3 is 0 Å². The topological polar surface area (TPSA) is 47.6 Å². The molecular weight excluding hydrogens is 285 g/mol. The molecule has 0 radical (unpaired) electrons. The maximum atomic E-state index is 13.3. The van der Waals surface area contributed by atoms with E-state index in [1.54, 1.807) is 6.07 Å². The molecule has 0 spiro atoms. The summed E-state index contributed by atoms with van der Waals surface area (Å²) in [5, 5.41) is 2.77. The number of halogens is 1. The van der Waals surface area contributed by atoms with Crippen molar-refractivity contribution in [3.63, 3.8) is 0 Å². The van der Waals surface area contributed by atoms with E-state index >= 15 is 0 Å². The third-order valence-electron chi connectivity index (χ3n) is 3.15. The van der Waals surface area contributed by atoms with Crippen LogP contribution in [0, 0.1) is 11.7 Å². The SMILES string of the molecule is CC(C)C(=O)NCCOCCOc1cc(F)ccc1C(C)C.[HH]. The molecule has 1 aromatic carbocycles. The van der Waals surface area contributed by atoms with Gasteiger partial charge in [-0.1, -0.05) is 33.8 Å². The molecule has 0 aliphatic rings. The Morgan fingerprint density at radius 1 is 1.23 bits per heavy atom. The van der Waals surface area contributed by atoms with Gasteiger partial charge in [-0.3, -0.25) is 4.79 Å². The molecule has 1 amide bonds. The van der Waals surface area contributed by atoms with Gasteiger partial charge in [-0.2, -0.15) is 0 Å². The quantitative estimate of drug-likeness (QED) is 0.711. The van der Waals surface area contributed by atoms with Crippen molar-refractivity contribution in [2.45, 2.75) is 33.6 Å². The molecule has 0 aromatic heterocycles. The number of rotatable bonds is 9. The standard InChI is InChI=1S/C17H26FNO3.H2/c1-12(2)15-6-5-14(18)11-16(15)22-10-9-21-8-7-19-17(20)13(3)4;/h5-6,11-13H,7-10H2,1-4H3,(H,19,20);1H. The third-order valence-corrected chi connectivity index (χ3v) is 3.15. The van der Waals surface area contributed by atoms with E-state index in [1.165, 1.54) is 12.1 Å². The Balaban J connectivity index is 0.00000484. The first-order chi connectivity index (χ1) is 10.4. The van der Waals surface area contributed by atoms with Crippen LogP contribution < -0.4 is 10.1 Å². The first-order valence-electron chi connectivity index (χ1n) is 7.69. The summed E-state index contributed by atoms with van der Waals surface area (Å²) in [6.45, 7) is 9.41. The highest BCUT2D eigenvalue weighted by atomic mass is 19.1. The van der Waals surface area contributed by atoms with Gasteiger partial charge in [0.05, 0.1) is 13.2 Å². The zero-order valence-corrected chi connectivity index (χ0v) is 13.8. The van der Waals surface area contributed by atoms with Crippen molar-refractivity contribution in [1.82, 2.24) is 5.32 Å². The summed E-state index contributed by atoms with van der Waals surface area (Å²) >= 11 is 0. The van der Waals surface area contributed by atoms with Crippen LogP contribution in [0.3, 0.4) is 0 Å². The van der Waals surface area contributed by atoms with Gasteiger partial charge in [0.2, 0.25) is 5.91 Å². The number of carbonyl (C=O) groups is 1. The lowest BCUT2D eigenvalue weighted by molar-refractivity contribution is -0.124. The summed E-state index contributed by atoms with van der Waals surface area (Å²) in [5.41, 5.74) is 0.977. The fraction of sp³-hybridized carbons (Fsp3) is 0.588. The van der Waals surface area contributed by atoms with Crippen molar-refractivity contribution >= 4 is 5.91 Å². The molecule has 0 heterocycles. The van der Waals surface area contributed by atoms with Gasteiger partial charge < -0.3 is 14.8 Å². The zero-order chi connectivity index (χ0) is 16.5. The van der Waals surface area contributed by atoms with Crippen LogP contribution in [0.2, 0.25) is 0 Å². The van der Waals surface area contributed by atoms with Crippen LogP contribution >= 0.6 is 0 Å². The lowest BCUT2D eigenvalue weighted by Gasteiger charge is -2.14. The van der Waals surface area contributed by atoms with Gasteiger partial charge in [-0.25, -0.2) is 4.39 Å². The Bertz CT molecular complexity index is 481. The van der Waals surface area contributed by atoms with Crippen molar-refractivity contribution in [1.29, 1.82) is 0 Å². The number of carbonyl (C=O) groups excluding carboxylic acids is 1. The predicted octanol–water partition coefficient (Wildman–Crippen LogP) is 3.36. The monoisotopic (exact) mass is 313 g/mol. The molecule has 1 aromatic rings. The van der Waals surface area contributed by atoms with Gasteiger partial charge in [-0.15, -0.1) is 0 Å². The number of benzene rings is 1. The number of ether oxygens (including phenoxy) is 2. The normalized spacial score (nSPS) is 11.0. The molecule has 0 bridgehead atoms. The second-order valence-electron chi connectivity index (χ2n) is 5.74. The molecule has 0 saturated heterocycles. The number of hydrogen-bond donors (Lipinski definition) is 1. The minimum Gasteiger partial charge on any atom is -0.491 e. The smallest absolute Gasteiger partial charge is 0.222 e. The highest BCUT2D eigenvalue weighted by molar-refractivity contribution is 5.77. The molecule has 0 fully saturated rings. The summed E-state index contributed by atoms with van der Waals surface area (Å²) in [7, 11) is 0. The van der Waals surface area contributed by atoms with E-state index in [1.807, 2.05) is 27.7 Å². The van der Waals surface area contributed by atoms with Gasteiger partial charge in [0.25, 0.3) is 0 Å². The van der Waals surface area contributed by atoms with Crippen molar-refractivity contribution in [2.75, 3.05) is 26.4 Å². The maximum Gasteiger partial charge on any atom is 0.222 e. The molecule has 1 rings (SSSR count). The van der Waals surface area contributed by atoms with Gasteiger partial charge in [0, 0.05) is 20.0 Å². The minimum atomic E-state index is -0.309. The number of hydrogen-bond acceptors (Lipinski definition) is 3. The molecule has 22 heavy (non-hydrogen) atoms. The average molecular weight is 313 g/mol.